The van der Waals surface area contributed by atoms with Crippen LogP contribution in [0.3, 0.4) is 0 Å². The number of carbonyl (C=O) groups is 1. The first-order valence-electron chi connectivity index (χ1n) is 7.65. The van der Waals surface area contributed by atoms with Gasteiger partial charge in [-0.25, -0.2) is 4.39 Å². The molecule has 0 radical (unpaired) electrons. The van der Waals surface area contributed by atoms with Crippen molar-refractivity contribution in [2.45, 2.75) is 13.3 Å². The normalized spacial score (nSPS) is 10.5. The van der Waals surface area contributed by atoms with Crippen LogP contribution in [0.2, 0.25) is 0 Å². The summed E-state index contributed by atoms with van der Waals surface area (Å²) in [6.45, 7) is 2.14. The number of aryl methyl sites for hydroxylation is 1. The third kappa shape index (κ3) is 3.21. The van der Waals surface area contributed by atoms with Crippen molar-refractivity contribution in [3.63, 3.8) is 0 Å². The molecule has 0 bridgehead atoms. The second-order valence-electron chi connectivity index (χ2n) is 5.48. The molecular formula is C21H17FO. The minimum atomic E-state index is -0.489. The first-order chi connectivity index (χ1) is 11.2. The fourth-order valence-electron chi connectivity index (χ4n) is 2.59. The molecule has 1 nitrogen and oxygen atoms in total. The standard InChI is InChI=1S/C21H17FO/c1-2-15-3-5-16(6-4-15)17-7-9-18(10-8-17)19-11-12-20(14-23)21(22)13-19/h3-14H,2H2,1H3. The van der Waals surface area contributed by atoms with Crippen LogP contribution in [0.1, 0.15) is 22.8 Å². The Kier molecular flexibility index (Phi) is 4.33. The van der Waals surface area contributed by atoms with Gasteiger partial charge in [0.05, 0.1) is 5.56 Å². The highest BCUT2D eigenvalue weighted by Gasteiger charge is 2.05. The second-order valence-corrected chi connectivity index (χ2v) is 5.48. The number of carbonyl (C=O) groups excluding carboxylic acids is 1. The quantitative estimate of drug-likeness (QED) is 0.579. The highest BCUT2D eigenvalue weighted by Crippen LogP contribution is 2.26. The predicted molar refractivity (Wildman–Crippen MR) is 92.0 cm³/mol. The summed E-state index contributed by atoms with van der Waals surface area (Å²) in [5, 5.41) is 0. The van der Waals surface area contributed by atoms with Gasteiger partial charge >= 0.3 is 0 Å². The molecule has 0 N–H and O–H groups in total. The van der Waals surface area contributed by atoms with E-state index in [1.165, 1.54) is 17.7 Å². The maximum Gasteiger partial charge on any atom is 0.152 e. The largest absolute Gasteiger partial charge is 0.298 e. The van der Waals surface area contributed by atoms with E-state index in [1.54, 1.807) is 6.07 Å². The molecule has 0 amide bonds. The van der Waals surface area contributed by atoms with E-state index in [9.17, 15) is 9.18 Å². The van der Waals surface area contributed by atoms with Gasteiger partial charge in [-0.1, -0.05) is 61.5 Å². The van der Waals surface area contributed by atoms with Gasteiger partial charge in [0, 0.05) is 0 Å². The summed E-state index contributed by atoms with van der Waals surface area (Å²) in [4.78, 5) is 10.7. The number of rotatable bonds is 4. The average Bonchev–Trinajstić information content (AvgIpc) is 2.62. The Morgan fingerprint density at radius 3 is 1.74 bits per heavy atom. The zero-order chi connectivity index (χ0) is 16.2. The molecule has 0 fully saturated rings. The fourth-order valence-corrected chi connectivity index (χ4v) is 2.59. The van der Waals surface area contributed by atoms with Gasteiger partial charge in [0.15, 0.2) is 6.29 Å². The predicted octanol–water partition coefficient (Wildman–Crippen LogP) is 5.53. The SMILES string of the molecule is CCc1ccc(-c2ccc(-c3ccc(C=O)c(F)c3)cc2)cc1. The third-order valence-corrected chi connectivity index (χ3v) is 4.04. The van der Waals surface area contributed by atoms with Gasteiger partial charge in [-0.2, -0.15) is 0 Å². The van der Waals surface area contributed by atoms with E-state index >= 15 is 0 Å². The van der Waals surface area contributed by atoms with Crippen molar-refractivity contribution in [1.82, 2.24) is 0 Å². The Balaban J connectivity index is 1.89. The molecule has 0 spiro atoms. The molecule has 23 heavy (non-hydrogen) atoms. The van der Waals surface area contributed by atoms with Gasteiger partial charge in [0.25, 0.3) is 0 Å². The highest BCUT2D eigenvalue weighted by molar-refractivity contribution is 5.78. The van der Waals surface area contributed by atoms with E-state index in [-0.39, 0.29) is 5.56 Å². The van der Waals surface area contributed by atoms with Crippen LogP contribution in [0.15, 0.2) is 66.7 Å². The molecule has 0 aliphatic heterocycles. The Hall–Kier alpha value is -2.74. The van der Waals surface area contributed by atoms with E-state index in [1.807, 2.05) is 24.3 Å². The summed E-state index contributed by atoms with van der Waals surface area (Å²) in [5.74, 6) is -0.489. The van der Waals surface area contributed by atoms with Crippen LogP contribution in [0.4, 0.5) is 4.39 Å². The number of halogens is 1. The minimum Gasteiger partial charge on any atom is -0.298 e. The summed E-state index contributed by atoms with van der Waals surface area (Å²) in [6.07, 6.45) is 1.56. The van der Waals surface area contributed by atoms with Crippen molar-refractivity contribution < 1.29 is 9.18 Å². The average molecular weight is 304 g/mol. The van der Waals surface area contributed by atoms with Crippen molar-refractivity contribution in [2.24, 2.45) is 0 Å². The lowest BCUT2D eigenvalue weighted by atomic mass is 9.98. The summed E-state index contributed by atoms with van der Waals surface area (Å²) in [5.41, 5.74) is 5.38. The minimum absolute atomic E-state index is 0.0846. The highest BCUT2D eigenvalue weighted by atomic mass is 19.1. The molecule has 0 heterocycles. The molecule has 3 aromatic carbocycles. The van der Waals surface area contributed by atoms with Crippen LogP contribution >= 0.6 is 0 Å². The summed E-state index contributed by atoms with van der Waals surface area (Å²) < 4.78 is 13.7. The molecule has 0 aliphatic carbocycles. The first kappa shape index (κ1) is 15.2. The molecule has 114 valence electrons. The van der Waals surface area contributed by atoms with Gasteiger partial charge < -0.3 is 0 Å². The van der Waals surface area contributed by atoms with Crippen molar-refractivity contribution in [3.8, 4) is 22.3 Å². The van der Waals surface area contributed by atoms with Crippen LogP contribution in [0, 0.1) is 5.82 Å². The molecule has 0 atom stereocenters. The van der Waals surface area contributed by atoms with Crippen molar-refractivity contribution in [1.29, 1.82) is 0 Å². The fraction of sp³-hybridized carbons (Fsp3) is 0.0952. The van der Waals surface area contributed by atoms with Crippen LogP contribution < -0.4 is 0 Å². The molecular weight excluding hydrogens is 287 g/mol. The van der Waals surface area contributed by atoms with Crippen molar-refractivity contribution in [2.75, 3.05) is 0 Å². The molecule has 0 unspecified atom stereocenters. The van der Waals surface area contributed by atoms with Gasteiger partial charge in [0.1, 0.15) is 5.82 Å². The summed E-state index contributed by atoms with van der Waals surface area (Å²) in [6, 6.07) is 21.2. The second kappa shape index (κ2) is 6.57. The van der Waals surface area contributed by atoms with Crippen LogP contribution in [0.25, 0.3) is 22.3 Å². The van der Waals surface area contributed by atoms with E-state index < -0.39 is 5.82 Å². The Bertz CT molecular complexity index is 817. The molecule has 0 saturated heterocycles. The smallest absolute Gasteiger partial charge is 0.152 e. The molecule has 3 aromatic rings. The van der Waals surface area contributed by atoms with E-state index in [2.05, 4.69) is 31.2 Å². The maximum atomic E-state index is 13.7. The van der Waals surface area contributed by atoms with E-state index in [0.717, 1.165) is 28.7 Å². The summed E-state index contributed by atoms with van der Waals surface area (Å²) in [7, 11) is 0. The third-order valence-electron chi connectivity index (χ3n) is 4.04. The Morgan fingerprint density at radius 2 is 1.26 bits per heavy atom. The van der Waals surface area contributed by atoms with Gasteiger partial charge in [-0.3, -0.25) is 4.79 Å². The molecule has 0 aliphatic rings. The number of benzene rings is 3. The summed E-state index contributed by atoms with van der Waals surface area (Å²) >= 11 is 0. The first-order valence-corrected chi connectivity index (χ1v) is 7.65. The van der Waals surface area contributed by atoms with Gasteiger partial charge in [-0.15, -0.1) is 0 Å². The zero-order valence-corrected chi connectivity index (χ0v) is 12.9. The van der Waals surface area contributed by atoms with Crippen molar-refractivity contribution in [3.05, 3.63) is 83.7 Å². The van der Waals surface area contributed by atoms with Gasteiger partial charge in [0.2, 0.25) is 0 Å². The topological polar surface area (TPSA) is 17.1 Å². The monoisotopic (exact) mass is 304 g/mol. The maximum absolute atomic E-state index is 13.7. The van der Waals surface area contributed by atoms with Crippen LogP contribution in [-0.2, 0) is 6.42 Å². The molecule has 3 rings (SSSR count). The van der Waals surface area contributed by atoms with E-state index in [0.29, 0.717) is 6.29 Å². The van der Waals surface area contributed by atoms with Crippen LogP contribution in [-0.4, -0.2) is 6.29 Å². The zero-order valence-electron chi connectivity index (χ0n) is 12.9. The molecule has 2 heteroatoms. The Morgan fingerprint density at radius 1 is 0.783 bits per heavy atom. The van der Waals surface area contributed by atoms with E-state index in [4.69, 9.17) is 0 Å². The lowest BCUT2D eigenvalue weighted by molar-refractivity contribution is 0.112. The van der Waals surface area contributed by atoms with Crippen LogP contribution in [0.5, 0.6) is 0 Å². The Labute approximate surface area is 135 Å². The lowest BCUT2D eigenvalue weighted by Crippen LogP contribution is -1.88. The number of hydrogen-bond acceptors (Lipinski definition) is 1. The van der Waals surface area contributed by atoms with Gasteiger partial charge in [-0.05, 0) is 46.4 Å². The number of aldehydes is 1. The number of hydrogen-bond donors (Lipinski definition) is 0. The molecule has 0 saturated carbocycles. The molecule has 0 aromatic heterocycles. The lowest BCUT2D eigenvalue weighted by Gasteiger charge is -2.07. The van der Waals surface area contributed by atoms with Crippen molar-refractivity contribution >= 4 is 6.29 Å².